The monoisotopic (exact) mass is 267 g/mol. The largest absolute Gasteiger partial charge is 0.494 e. The minimum absolute atomic E-state index is 0.0565. The van der Waals surface area contributed by atoms with Gasteiger partial charge in [0.25, 0.3) is 5.91 Å². The first-order valence-electron chi connectivity index (χ1n) is 5.60. The number of nitrogens with two attached hydrogens (primary N) is 1. The van der Waals surface area contributed by atoms with E-state index in [1.165, 1.54) is 26.3 Å². The van der Waals surface area contributed by atoms with Crippen LogP contribution in [-0.2, 0) is 10.3 Å². The van der Waals surface area contributed by atoms with Crippen LogP contribution in [0, 0.1) is 5.82 Å². The second-order valence-electron chi connectivity index (χ2n) is 4.25. The van der Waals surface area contributed by atoms with Crippen LogP contribution >= 0.6 is 0 Å². The number of imide groups is 1. The van der Waals surface area contributed by atoms with Crippen molar-refractivity contribution in [2.24, 2.45) is 5.73 Å². The van der Waals surface area contributed by atoms with E-state index in [9.17, 15) is 14.0 Å². The molecule has 0 saturated carbocycles. The molecular weight excluding hydrogens is 253 g/mol. The average molecular weight is 267 g/mol. The van der Waals surface area contributed by atoms with Crippen molar-refractivity contribution in [1.82, 2.24) is 10.2 Å². The fraction of sp³-hybridized carbons (Fsp3) is 0.333. The Morgan fingerprint density at radius 2 is 2.16 bits per heavy atom. The van der Waals surface area contributed by atoms with Crippen molar-refractivity contribution >= 4 is 11.9 Å². The third kappa shape index (κ3) is 1.82. The summed E-state index contributed by atoms with van der Waals surface area (Å²) in [7, 11) is 2.68. The summed E-state index contributed by atoms with van der Waals surface area (Å²) < 4.78 is 18.5. The van der Waals surface area contributed by atoms with Crippen molar-refractivity contribution in [2.45, 2.75) is 5.54 Å². The quantitative estimate of drug-likeness (QED) is 0.765. The van der Waals surface area contributed by atoms with Gasteiger partial charge in [-0.1, -0.05) is 6.07 Å². The van der Waals surface area contributed by atoms with E-state index < -0.39 is 23.3 Å². The first-order chi connectivity index (χ1) is 8.96. The molecule has 7 heteroatoms. The summed E-state index contributed by atoms with van der Waals surface area (Å²) in [4.78, 5) is 24.6. The zero-order chi connectivity index (χ0) is 14.2. The molecule has 1 saturated heterocycles. The second-order valence-corrected chi connectivity index (χ2v) is 4.25. The summed E-state index contributed by atoms with van der Waals surface area (Å²) >= 11 is 0. The van der Waals surface area contributed by atoms with E-state index in [1.807, 2.05) is 0 Å². The second kappa shape index (κ2) is 4.51. The zero-order valence-electron chi connectivity index (χ0n) is 10.6. The van der Waals surface area contributed by atoms with Gasteiger partial charge in [-0.15, -0.1) is 0 Å². The highest BCUT2D eigenvalue weighted by Crippen LogP contribution is 2.30. The molecule has 19 heavy (non-hydrogen) atoms. The molecule has 3 N–H and O–H groups in total. The lowest BCUT2D eigenvalue weighted by molar-refractivity contribution is -0.130. The van der Waals surface area contributed by atoms with Gasteiger partial charge in [-0.05, 0) is 17.7 Å². The number of urea groups is 1. The summed E-state index contributed by atoms with van der Waals surface area (Å²) in [6, 6.07) is 3.47. The minimum Gasteiger partial charge on any atom is -0.494 e. The lowest BCUT2D eigenvalue weighted by atomic mass is 9.89. The van der Waals surface area contributed by atoms with Gasteiger partial charge in [0, 0.05) is 13.6 Å². The summed E-state index contributed by atoms with van der Waals surface area (Å²) in [6.45, 7) is -0.159. The fourth-order valence-corrected chi connectivity index (χ4v) is 2.08. The molecule has 1 unspecified atom stereocenters. The first-order valence-corrected chi connectivity index (χ1v) is 5.60. The number of ether oxygens (including phenoxy) is 1. The number of hydrogen-bond donors (Lipinski definition) is 2. The van der Waals surface area contributed by atoms with Crippen LogP contribution in [0.15, 0.2) is 18.2 Å². The molecule has 3 amide bonds. The van der Waals surface area contributed by atoms with Gasteiger partial charge < -0.3 is 15.8 Å². The molecule has 0 aliphatic carbocycles. The summed E-state index contributed by atoms with van der Waals surface area (Å²) in [5.41, 5.74) is 4.49. The van der Waals surface area contributed by atoms with Crippen molar-refractivity contribution in [3.8, 4) is 5.75 Å². The van der Waals surface area contributed by atoms with E-state index in [4.69, 9.17) is 10.5 Å². The van der Waals surface area contributed by atoms with E-state index in [0.717, 1.165) is 11.0 Å². The molecule has 1 fully saturated rings. The Hall–Kier alpha value is -2.15. The van der Waals surface area contributed by atoms with Gasteiger partial charge in [0.1, 0.15) is 0 Å². The summed E-state index contributed by atoms with van der Waals surface area (Å²) in [5, 5.41) is 2.50. The molecule has 1 aliphatic heterocycles. The van der Waals surface area contributed by atoms with Gasteiger partial charge in [0.05, 0.1) is 7.11 Å². The number of nitrogens with zero attached hydrogens (tertiary/aromatic N) is 1. The molecular formula is C12H14FN3O3. The van der Waals surface area contributed by atoms with Crippen LogP contribution in [0.25, 0.3) is 0 Å². The van der Waals surface area contributed by atoms with Crippen molar-refractivity contribution < 1.29 is 18.7 Å². The van der Waals surface area contributed by atoms with Crippen LogP contribution in [0.4, 0.5) is 9.18 Å². The molecule has 0 radical (unpaired) electrons. The Morgan fingerprint density at radius 3 is 2.58 bits per heavy atom. The maximum absolute atomic E-state index is 13.7. The molecule has 1 heterocycles. The predicted molar refractivity (Wildman–Crippen MR) is 65.0 cm³/mol. The topological polar surface area (TPSA) is 84.7 Å². The number of benzene rings is 1. The number of methoxy groups -OCH3 is 1. The fourth-order valence-electron chi connectivity index (χ4n) is 2.08. The Labute approximate surface area is 109 Å². The van der Waals surface area contributed by atoms with Crippen LogP contribution < -0.4 is 15.8 Å². The van der Waals surface area contributed by atoms with Gasteiger partial charge in [-0.3, -0.25) is 9.69 Å². The number of amides is 3. The summed E-state index contributed by atoms with van der Waals surface area (Å²) in [6.07, 6.45) is 0. The smallest absolute Gasteiger partial charge is 0.325 e. The van der Waals surface area contributed by atoms with Crippen LogP contribution in [0.1, 0.15) is 5.56 Å². The van der Waals surface area contributed by atoms with Gasteiger partial charge in [0.2, 0.25) is 0 Å². The third-order valence-corrected chi connectivity index (χ3v) is 3.25. The lowest BCUT2D eigenvalue weighted by Crippen LogP contribution is -2.50. The Morgan fingerprint density at radius 1 is 1.47 bits per heavy atom. The van der Waals surface area contributed by atoms with Gasteiger partial charge in [-0.25, -0.2) is 9.18 Å². The van der Waals surface area contributed by atoms with Gasteiger partial charge in [0.15, 0.2) is 17.1 Å². The maximum Gasteiger partial charge on any atom is 0.325 e. The normalized spacial score (nSPS) is 22.6. The van der Waals surface area contributed by atoms with Crippen molar-refractivity contribution in [1.29, 1.82) is 0 Å². The molecule has 1 aliphatic rings. The molecule has 2 rings (SSSR count). The number of hydrogen-bond acceptors (Lipinski definition) is 4. The first kappa shape index (κ1) is 13.3. The van der Waals surface area contributed by atoms with Crippen molar-refractivity contribution in [3.63, 3.8) is 0 Å². The van der Waals surface area contributed by atoms with E-state index in [2.05, 4.69) is 5.32 Å². The van der Waals surface area contributed by atoms with Crippen molar-refractivity contribution in [2.75, 3.05) is 20.7 Å². The Kier molecular flexibility index (Phi) is 3.15. The average Bonchev–Trinajstić information content (AvgIpc) is 2.63. The SMILES string of the molecule is COc1ccc(C2(CN)NC(=O)N(C)C2=O)cc1F. The molecule has 102 valence electrons. The van der Waals surface area contributed by atoms with E-state index >= 15 is 0 Å². The lowest BCUT2D eigenvalue weighted by Gasteiger charge is -2.25. The molecule has 1 aromatic rings. The molecule has 0 bridgehead atoms. The highest BCUT2D eigenvalue weighted by Gasteiger charge is 2.50. The standard InChI is InChI=1S/C12H14FN3O3/c1-16-10(17)12(6-14,15-11(16)18)7-3-4-9(19-2)8(13)5-7/h3-5H,6,14H2,1-2H3,(H,15,18). The van der Waals surface area contributed by atoms with Crippen LogP contribution in [0.3, 0.4) is 0 Å². The summed E-state index contributed by atoms with van der Waals surface area (Å²) in [5.74, 6) is -1.07. The van der Waals surface area contributed by atoms with Crippen LogP contribution in [0.5, 0.6) is 5.75 Å². The van der Waals surface area contributed by atoms with Gasteiger partial charge >= 0.3 is 6.03 Å². The molecule has 0 spiro atoms. The van der Waals surface area contributed by atoms with Crippen molar-refractivity contribution in [3.05, 3.63) is 29.6 Å². The number of halogens is 1. The Bertz CT molecular complexity index is 549. The number of carbonyl (C=O) groups excluding carboxylic acids is 2. The molecule has 1 aromatic carbocycles. The van der Waals surface area contributed by atoms with E-state index in [1.54, 1.807) is 0 Å². The maximum atomic E-state index is 13.7. The number of carbonyl (C=O) groups is 2. The third-order valence-electron chi connectivity index (χ3n) is 3.25. The van der Waals surface area contributed by atoms with E-state index in [-0.39, 0.29) is 17.9 Å². The molecule has 0 aromatic heterocycles. The highest BCUT2D eigenvalue weighted by molar-refractivity contribution is 6.07. The molecule has 6 nitrogen and oxygen atoms in total. The number of rotatable bonds is 3. The van der Waals surface area contributed by atoms with Crippen LogP contribution in [-0.4, -0.2) is 37.5 Å². The minimum atomic E-state index is -1.42. The van der Waals surface area contributed by atoms with Gasteiger partial charge in [-0.2, -0.15) is 0 Å². The number of nitrogens with one attached hydrogen (secondary N) is 1. The zero-order valence-corrected chi connectivity index (χ0v) is 10.6. The Balaban J connectivity index is 2.51. The number of likely N-dealkylation sites (N-methyl/N-ethyl adjacent to an activating group) is 1. The van der Waals surface area contributed by atoms with E-state index in [0.29, 0.717) is 0 Å². The predicted octanol–water partition coefficient (Wildman–Crippen LogP) is 0.170. The van der Waals surface area contributed by atoms with Crippen LogP contribution in [0.2, 0.25) is 0 Å². The highest BCUT2D eigenvalue weighted by atomic mass is 19.1. The molecule has 1 atom stereocenters.